The number of aryl methyl sites for hydroxylation is 1. The van der Waals surface area contributed by atoms with Gasteiger partial charge in [-0.3, -0.25) is 9.69 Å². The number of halogens is 1. The van der Waals surface area contributed by atoms with Gasteiger partial charge in [0.2, 0.25) is 10.0 Å². The van der Waals surface area contributed by atoms with Gasteiger partial charge in [0.25, 0.3) is 0 Å². The van der Waals surface area contributed by atoms with Gasteiger partial charge < -0.3 is 4.74 Å². The molecule has 0 aromatic heterocycles. The Morgan fingerprint density at radius 1 is 1.06 bits per heavy atom. The number of rotatable bonds is 6. The van der Waals surface area contributed by atoms with Crippen molar-refractivity contribution in [2.45, 2.75) is 49.8 Å². The summed E-state index contributed by atoms with van der Waals surface area (Å²) >= 11 is 3.55. The molecule has 2 aromatic carbocycles. The number of methoxy groups -OCH3 is 1. The molecule has 2 fully saturated rings. The van der Waals surface area contributed by atoms with Crippen LogP contribution >= 0.6 is 15.9 Å². The van der Waals surface area contributed by atoms with E-state index in [4.69, 9.17) is 4.74 Å². The number of carbonyl (C=O) groups excluding carboxylic acids is 1. The number of ether oxygens (including phenoxy) is 1. The quantitative estimate of drug-likeness (QED) is 0.498. The second-order valence-corrected chi connectivity index (χ2v) is 12.5. The van der Waals surface area contributed by atoms with Gasteiger partial charge in [-0.2, -0.15) is 0 Å². The van der Waals surface area contributed by atoms with Crippen molar-refractivity contribution < 1.29 is 17.9 Å². The number of hydrogen-bond donors (Lipinski definition) is 0. The van der Waals surface area contributed by atoms with Gasteiger partial charge in [0.05, 0.1) is 7.11 Å². The Kier molecular flexibility index (Phi) is 7.82. The molecular formula is C26H33BrN2O4S. The number of carbonyl (C=O) groups is 1. The van der Waals surface area contributed by atoms with Crippen LogP contribution in [0, 0.1) is 6.92 Å². The van der Waals surface area contributed by atoms with Crippen LogP contribution in [0.1, 0.15) is 48.3 Å². The molecule has 6 nitrogen and oxygen atoms in total. The fraction of sp³-hybridized carbons (Fsp3) is 0.500. The van der Waals surface area contributed by atoms with Gasteiger partial charge in [-0.15, -0.1) is 0 Å². The Morgan fingerprint density at radius 3 is 2.29 bits per heavy atom. The highest BCUT2D eigenvalue weighted by Gasteiger charge is 2.56. The van der Waals surface area contributed by atoms with Gasteiger partial charge in [-0.25, -0.2) is 12.7 Å². The van der Waals surface area contributed by atoms with Crippen molar-refractivity contribution in [2.24, 2.45) is 0 Å². The van der Waals surface area contributed by atoms with Crippen molar-refractivity contribution in [3.63, 3.8) is 0 Å². The van der Waals surface area contributed by atoms with Crippen molar-refractivity contribution >= 4 is 31.9 Å². The summed E-state index contributed by atoms with van der Waals surface area (Å²) in [5.74, 6) is -0.308. The zero-order chi connectivity index (χ0) is 24.3. The summed E-state index contributed by atoms with van der Waals surface area (Å²) in [4.78, 5) is 15.2. The lowest BCUT2D eigenvalue weighted by Gasteiger charge is -2.43. The number of sulfonamides is 1. The zero-order valence-electron chi connectivity index (χ0n) is 19.9. The Hall–Kier alpha value is -1.74. The SMILES string of the molecule is COC(=O)C1(S(=O)(=O)N2CCC(c3ccc(Br)c(C)c3)CC2)CCN(Cc2ccccc2)CC1. The van der Waals surface area contributed by atoms with E-state index >= 15 is 0 Å². The first-order chi connectivity index (χ1) is 16.3. The molecule has 2 saturated heterocycles. The second-order valence-electron chi connectivity index (χ2n) is 9.43. The van der Waals surface area contributed by atoms with E-state index in [2.05, 4.69) is 58.1 Å². The summed E-state index contributed by atoms with van der Waals surface area (Å²) in [6.45, 7) is 4.74. The van der Waals surface area contributed by atoms with Crippen molar-refractivity contribution in [3.8, 4) is 0 Å². The summed E-state index contributed by atoms with van der Waals surface area (Å²) in [7, 11) is -2.56. The summed E-state index contributed by atoms with van der Waals surface area (Å²) in [5.41, 5.74) is 3.61. The molecule has 0 N–H and O–H groups in total. The summed E-state index contributed by atoms with van der Waals surface area (Å²) < 4.78 is 33.9. The third-order valence-electron chi connectivity index (χ3n) is 7.41. The molecule has 0 spiro atoms. The molecule has 4 rings (SSSR count). The molecular weight excluding hydrogens is 516 g/mol. The molecule has 2 heterocycles. The third kappa shape index (κ3) is 4.96. The van der Waals surface area contributed by atoms with Crippen LogP contribution in [0.2, 0.25) is 0 Å². The zero-order valence-corrected chi connectivity index (χ0v) is 22.3. The first kappa shape index (κ1) is 25.4. The minimum absolute atomic E-state index is 0.251. The van der Waals surface area contributed by atoms with E-state index < -0.39 is 20.7 Å². The fourth-order valence-corrected chi connectivity index (χ4v) is 7.69. The highest BCUT2D eigenvalue weighted by Crippen LogP contribution is 2.38. The molecule has 0 bridgehead atoms. The molecule has 34 heavy (non-hydrogen) atoms. The molecule has 0 atom stereocenters. The fourth-order valence-electron chi connectivity index (χ4n) is 5.27. The maximum absolute atomic E-state index is 13.9. The predicted molar refractivity (Wildman–Crippen MR) is 137 cm³/mol. The maximum Gasteiger partial charge on any atom is 0.328 e. The van der Waals surface area contributed by atoms with Crippen molar-refractivity contribution in [3.05, 3.63) is 69.7 Å². The number of hydrogen-bond acceptors (Lipinski definition) is 5. The molecule has 2 aliphatic heterocycles. The minimum atomic E-state index is -3.85. The molecule has 8 heteroatoms. The minimum Gasteiger partial charge on any atom is -0.468 e. The van der Waals surface area contributed by atoms with Crippen LogP contribution in [-0.2, 0) is 26.1 Å². The number of benzene rings is 2. The number of piperidine rings is 2. The van der Waals surface area contributed by atoms with Gasteiger partial charge in [0.15, 0.2) is 4.75 Å². The van der Waals surface area contributed by atoms with E-state index in [9.17, 15) is 13.2 Å². The van der Waals surface area contributed by atoms with Gasteiger partial charge in [0, 0.05) is 37.2 Å². The van der Waals surface area contributed by atoms with Crippen LogP contribution in [0.15, 0.2) is 53.0 Å². The first-order valence-electron chi connectivity index (χ1n) is 11.9. The predicted octanol–water partition coefficient (Wildman–Crippen LogP) is 4.47. The van der Waals surface area contributed by atoms with E-state index in [0.717, 1.165) is 23.9 Å². The Bertz CT molecular complexity index is 1110. The number of nitrogens with zero attached hydrogens (tertiary/aromatic N) is 2. The van der Waals surface area contributed by atoms with Crippen LogP contribution in [0.3, 0.4) is 0 Å². The van der Waals surface area contributed by atoms with Crippen LogP contribution < -0.4 is 0 Å². The first-order valence-corrected chi connectivity index (χ1v) is 14.1. The Labute approximate surface area is 211 Å². The number of esters is 1. The molecule has 0 aliphatic carbocycles. The van der Waals surface area contributed by atoms with Crippen LogP contribution in [0.25, 0.3) is 0 Å². The lowest BCUT2D eigenvalue weighted by molar-refractivity contribution is -0.145. The van der Waals surface area contributed by atoms with E-state index in [0.29, 0.717) is 32.1 Å². The molecule has 2 aromatic rings. The highest BCUT2D eigenvalue weighted by atomic mass is 79.9. The topological polar surface area (TPSA) is 66.9 Å². The smallest absolute Gasteiger partial charge is 0.328 e. The van der Waals surface area contributed by atoms with Crippen LogP contribution in [0.5, 0.6) is 0 Å². The van der Waals surface area contributed by atoms with E-state index in [1.165, 1.54) is 23.8 Å². The van der Waals surface area contributed by atoms with E-state index in [1.807, 2.05) is 18.2 Å². The molecule has 0 unspecified atom stereocenters. The Balaban J connectivity index is 1.46. The largest absolute Gasteiger partial charge is 0.468 e. The van der Waals surface area contributed by atoms with E-state index in [-0.39, 0.29) is 12.8 Å². The molecule has 184 valence electrons. The van der Waals surface area contributed by atoms with Crippen LogP contribution in [0.4, 0.5) is 0 Å². The van der Waals surface area contributed by atoms with E-state index in [1.54, 1.807) is 4.31 Å². The lowest BCUT2D eigenvalue weighted by Crippen LogP contribution is -2.59. The summed E-state index contributed by atoms with van der Waals surface area (Å²) in [6.07, 6.45) is 2.00. The maximum atomic E-state index is 13.9. The molecule has 0 saturated carbocycles. The van der Waals surface area contributed by atoms with Gasteiger partial charge >= 0.3 is 5.97 Å². The van der Waals surface area contributed by atoms with Crippen molar-refractivity contribution in [1.29, 1.82) is 0 Å². The molecule has 0 radical (unpaired) electrons. The molecule has 0 amide bonds. The van der Waals surface area contributed by atoms with Gasteiger partial charge in [-0.1, -0.05) is 58.4 Å². The van der Waals surface area contributed by atoms with Gasteiger partial charge in [0.1, 0.15) is 0 Å². The van der Waals surface area contributed by atoms with Crippen molar-refractivity contribution in [2.75, 3.05) is 33.3 Å². The lowest BCUT2D eigenvalue weighted by atomic mass is 9.89. The summed E-state index contributed by atoms with van der Waals surface area (Å²) in [6, 6.07) is 16.5. The standard InChI is InChI=1S/C26H33BrN2O4S/c1-20-18-23(8-9-24(20)27)22-10-14-29(15-11-22)34(31,32)26(25(30)33-2)12-16-28(17-13-26)19-21-6-4-3-5-7-21/h3-9,18,22H,10-17,19H2,1-2H3. The van der Waals surface area contributed by atoms with Crippen molar-refractivity contribution in [1.82, 2.24) is 9.21 Å². The Morgan fingerprint density at radius 2 is 1.71 bits per heavy atom. The van der Waals surface area contributed by atoms with Crippen LogP contribution in [-0.4, -0.2) is 61.6 Å². The number of likely N-dealkylation sites (tertiary alicyclic amines) is 1. The normalized spacial score (nSPS) is 20.2. The third-order valence-corrected chi connectivity index (χ3v) is 10.9. The average Bonchev–Trinajstić information content (AvgIpc) is 2.86. The monoisotopic (exact) mass is 548 g/mol. The second kappa shape index (κ2) is 10.5. The molecule has 2 aliphatic rings. The highest BCUT2D eigenvalue weighted by molar-refractivity contribution is 9.10. The average molecular weight is 550 g/mol. The van der Waals surface area contributed by atoms with Gasteiger partial charge in [-0.05, 0) is 61.3 Å². The summed E-state index contributed by atoms with van der Waals surface area (Å²) in [5, 5.41) is 0.